The van der Waals surface area contributed by atoms with E-state index in [0.29, 0.717) is 25.6 Å². The van der Waals surface area contributed by atoms with E-state index in [1.807, 2.05) is 43.1 Å². The Morgan fingerprint density at radius 2 is 1.92 bits per heavy atom. The van der Waals surface area contributed by atoms with Crippen LogP contribution in [-0.2, 0) is 4.79 Å². The Bertz CT molecular complexity index is 626. The Morgan fingerprint density at radius 3 is 2.58 bits per heavy atom. The van der Waals surface area contributed by atoms with E-state index in [0.717, 1.165) is 24.3 Å². The van der Waals surface area contributed by atoms with Crippen LogP contribution in [0, 0.1) is 0 Å². The number of hydrogen-bond acceptors (Lipinski definition) is 3. The zero-order valence-corrected chi connectivity index (χ0v) is 15.7. The summed E-state index contributed by atoms with van der Waals surface area (Å²) in [6.07, 6.45) is 6.14. The largest absolute Gasteiger partial charge is 0.494 e. The second-order valence-corrected chi connectivity index (χ2v) is 7.18. The minimum atomic E-state index is -0.146. The molecular formula is C20H29N3O3. The van der Waals surface area contributed by atoms with Crippen LogP contribution in [-0.4, -0.2) is 49.1 Å². The molecule has 6 nitrogen and oxygen atoms in total. The summed E-state index contributed by atoms with van der Waals surface area (Å²) < 4.78 is 5.44. The normalized spacial score (nSPS) is 20.9. The summed E-state index contributed by atoms with van der Waals surface area (Å²) in [4.78, 5) is 28.5. The molecule has 1 atom stereocenters. The zero-order valence-electron chi connectivity index (χ0n) is 15.7. The lowest BCUT2D eigenvalue weighted by atomic mass is 9.95. The molecule has 0 spiro atoms. The number of nitrogens with one attached hydrogen (secondary N) is 1. The number of carbonyl (C=O) groups excluding carboxylic acids is 2. The SMILES string of the molecule is CCOc1ccc(N2CC(NC(=O)N(C)C3CCCCC3)CC2=O)cc1. The number of rotatable bonds is 5. The third kappa shape index (κ3) is 4.29. The Labute approximate surface area is 155 Å². The van der Waals surface area contributed by atoms with E-state index in [9.17, 15) is 9.59 Å². The summed E-state index contributed by atoms with van der Waals surface area (Å²) in [5.41, 5.74) is 0.843. The van der Waals surface area contributed by atoms with E-state index in [1.165, 1.54) is 19.3 Å². The molecule has 2 aliphatic rings. The molecule has 1 aliphatic heterocycles. The van der Waals surface area contributed by atoms with Crippen molar-refractivity contribution in [2.24, 2.45) is 0 Å². The fraction of sp³-hybridized carbons (Fsp3) is 0.600. The summed E-state index contributed by atoms with van der Waals surface area (Å²) in [5, 5.41) is 3.04. The Morgan fingerprint density at radius 1 is 1.23 bits per heavy atom. The highest BCUT2D eigenvalue weighted by Crippen LogP contribution is 2.25. The molecule has 1 aromatic rings. The van der Waals surface area contributed by atoms with Crippen molar-refractivity contribution in [2.75, 3.05) is 25.1 Å². The molecule has 1 heterocycles. The van der Waals surface area contributed by atoms with Gasteiger partial charge in [0.25, 0.3) is 0 Å². The highest BCUT2D eigenvalue weighted by Gasteiger charge is 2.33. The van der Waals surface area contributed by atoms with Gasteiger partial charge in [-0.05, 0) is 44.0 Å². The third-order valence-electron chi connectivity index (χ3n) is 5.35. The van der Waals surface area contributed by atoms with Gasteiger partial charge in [0.1, 0.15) is 5.75 Å². The summed E-state index contributed by atoms with van der Waals surface area (Å²) >= 11 is 0. The molecule has 1 saturated heterocycles. The van der Waals surface area contributed by atoms with Crippen molar-refractivity contribution in [3.63, 3.8) is 0 Å². The standard InChI is InChI=1S/C20H29N3O3/c1-3-26-18-11-9-17(10-12-18)23-14-15(13-19(23)24)21-20(25)22(2)16-7-5-4-6-8-16/h9-12,15-16H,3-8,13-14H2,1-2H3,(H,21,25). The zero-order chi connectivity index (χ0) is 18.5. The minimum Gasteiger partial charge on any atom is -0.494 e. The highest BCUT2D eigenvalue weighted by atomic mass is 16.5. The van der Waals surface area contributed by atoms with Gasteiger partial charge < -0.3 is 19.9 Å². The van der Waals surface area contributed by atoms with Crippen molar-refractivity contribution in [1.82, 2.24) is 10.2 Å². The molecule has 3 rings (SSSR count). The lowest BCUT2D eigenvalue weighted by Crippen LogP contribution is -2.48. The molecule has 26 heavy (non-hydrogen) atoms. The summed E-state index contributed by atoms with van der Waals surface area (Å²) in [6, 6.07) is 7.63. The lowest BCUT2D eigenvalue weighted by Gasteiger charge is -2.32. The van der Waals surface area contributed by atoms with E-state index in [-0.39, 0.29) is 18.0 Å². The molecule has 1 aromatic carbocycles. The molecule has 3 amide bonds. The second-order valence-electron chi connectivity index (χ2n) is 7.18. The van der Waals surface area contributed by atoms with Gasteiger partial charge >= 0.3 is 6.03 Å². The van der Waals surface area contributed by atoms with Gasteiger partial charge in [-0.2, -0.15) is 0 Å². The predicted octanol–water partition coefficient (Wildman–Crippen LogP) is 3.16. The summed E-state index contributed by atoms with van der Waals surface area (Å²) in [6.45, 7) is 3.07. The Kier molecular flexibility index (Phi) is 6.01. The van der Waals surface area contributed by atoms with Crippen molar-refractivity contribution < 1.29 is 14.3 Å². The number of benzene rings is 1. The molecule has 1 unspecified atom stereocenters. The summed E-state index contributed by atoms with van der Waals surface area (Å²) in [7, 11) is 1.87. The smallest absolute Gasteiger partial charge is 0.317 e. The third-order valence-corrected chi connectivity index (χ3v) is 5.35. The fourth-order valence-electron chi connectivity index (χ4n) is 3.85. The fourth-order valence-corrected chi connectivity index (χ4v) is 3.85. The first-order valence-corrected chi connectivity index (χ1v) is 9.65. The van der Waals surface area contributed by atoms with Gasteiger partial charge in [0.05, 0.1) is 12.6 Å². The maximum atomic E-state index is 12.5. The molecule has 0 bridgehead atoms. The van der Waals surface area contributed by atoms with E-state index in [4.69, 9.17) is 4.74 Å². The van der Waals surface area contributed by atoms with Gasteiger partial charge in [-0.15, -0.1) is 0 Å². The molecule has 0 radical (unpaired) electrons. The van der Waals surface area contributed by atoms with Crippen molar-refractivity contribution in [2.45, 2.75) is 57.5 Å². The number of carbonyl (C=O) groups is 2. The molecular weight excluding hydrogens is 330 g/mol. The maximum Gasteiger partial charge on any atom is 0.317 e. The van der Waals surface area contributed by atoms with E-state index in [2.05, 4.69) is 5.32 Å². The first-order valence-electron chi connectivity index (χ1n) is 9.65. The van der Waals surface area contributed by atoms with Gasteiger partial charge in [0.15, 0.2) is 0 Å². The number of hydrogen-bond donors (Lipinski definition) is 1. The number of amides is 3. The minimum absolute atomic E-state index is 0.0415. The van der Waals surface area contributed by atoms with Crippen LogP contribution in [0.2, 0.25) is 0 Å². The monoisotopic (exact) mass is 359 g/mol. The Hall–Kier alpha value is -2.24. The highest BCUT2D eigenvalue weighted by molar-refractivity contribution is 5.96. The van der Waals surface area contributed by atoms with Crippen molar-refractivity contribution >= 4 is 17.6 Å². The van der Waals surface area contributed by atoms with Crippen LogP contribution in [0.5, 0.6) is 5.75 Å². The number of nitrogens with zero attached hydrogens (tertiary/aromatic N) is 2. The van der Waals surface area contributed by atoms with E-state index >= 15 is 0 Å². The number of urea groups is 1. The second kappa shape index (κ2) is 8.43. The first-order chi connectivity index (χ1) is 12.6. The van der Waals surface area contributed by atoms with E-state index in [1.54, 1.807) is 4.90 Å². The average molecular weight is 359 g/mol. The quantitative estimate of drug-likeness (QED) is 0.878. The molecule has 1 aliphatic carbocycles. The van der Waals surface area contributed by atoms with Gasteiger partial charge in [-0.1, -0.05) is 19.3 Å². The number of anilines is 1. The molecule has 1 saturated carbocycles. The van der Waals surface area contributed by atoms with Crippen LogP contribution in [0.15, 0.2) is 24.3 Å². The van der Waals surface area contributed by atoms with Crippen LogP contribution >= 0.6 is 0 Å². The van der Waals surface area contributed by atoms with Crippen LogP contribution in [0.1, 0.15) is 45.4 Å². The first kappa shape index (κ1) is 18.5. The topological polar surface area (TPSA) is 61.9 Å². The van der Waals surface area contributed by atoms with Crippen molar-refractivity contribution in [3.8, 4) is 5.75 Å². The van der Waals surface area contributed by atoms with Crippen molar-refractivity contribution in [1.29, 1.82) is 0 Å². The van der Waals surface area contributed by atoms with Crippen LogP contribution in [0.25, 0.3) is 0 Å². The Balaban J connectivity index is 1.56. The van der Waals surface area contributed by atoms with Gasteiger partial charge in [0, 0.05) is 31.7 Å². The summed E-state index contributed by atoms with van der Waals surface area (Å²) in [5.74, 6) is 0.835. The van der Waals surface area contributed by atoms with E-state index < -0.39 is 0 Å². The van der Waals surface area contributed by atoms with Gasteiger partial charge in [-0.25, -0.2) is 4.79 Å². The maximum absolute atomic E-state index is 12.5. The lowest BCUT2D eigenvalue weighted by molar-refractivity contribution is -0.117. The van der Waals surface area contributed by atoms with Crippen LogP contribution < -0.4 is 15.0 Å². The average Bonchev–Trinajstić information content (AvgIpc) is 3.03. The van der Waals surface area contributed by atoms with Gasteiger partial charge in [-0.3, -0.25) is 4.79 Å². The van der Waals surface area contributed by atoms with Gasteiger partial charge in [0.2, 0.25) is 5.91 Å². The van der Waals surface area contributed by atoms with Crippen LogP contribution in [0.3, 0.4) is 0 Å². The molecule has 2 fully saturated rings. The molecule has 6 heteroatoms. The van der Waals surface area contributed by atoms with Crippen molar-refractivity contribution in [3.05, 3.63) is 24.3 Å². The van der Waals surface area contributed by atoms with Crippen LogP contribution in [0.4, 0.5) is 10.5 Å². The number of ether oxygens (including phenoxy) is 1. The molecule has 142 valence electrons. The predicted molar refractivity (Wildman–Crippen MR) is 102 cm³/mol. The molecule has 0 aromatic heterocycles. The molecule has 1 N–H and O–H groups in total.